The highest BCUT2D eigenvalue weighted by atomic mass is 19.1. The fraction of sp³-hybridized carbons (Fsp3) is 0.400. The fourth-order valence-corrected chi connectivity index (χ4v) is 1.47. The SMILES string of the molecule is C#CCOc1ccc(F)cc1NC(=O)CC(O)C(C)C. The van der Waals surface area contributed by atoms with Crippen molar-refractivity contribution in [2.45, 2.75) is 26.4 Å². The fourth-order valence-electron chi connectivity index (χ4n) is 1.47. The number of ether oxygens (including phenoxy) is 1. The van der Waals surface area contributed by atoms with Crippen LogP contribution in [0.3, 0.4) is 0 Å². The van der Waals surface area contributed by atoms with Crippen LogP contribution in [0.25, 0.3) is 0 Å². The molecule has 0 aromatic heterocycles. The molecule has 0 aliphatic carbocycles. The lowest BCUT2D eigenvalue weighted by Gasteiger charge is -2.15. The molecule has 0 saturated carbocycles. The van der Waals surface area contributed by atoms with E-state index >= 15 is 0 Å². The van der Waals surface area contributed by atoms with Crippen LogP contribution in [0.1, 0.15) is 20.3 Å². The Bertz CT molecular complexity index is 508. The largest absolute Gasteiger partial charge is 0.479 e. The second kappa shape index (κ2) is 7.51. The third kappa shape index (κ3) is 4.90. The van der Waals surface area contributed by atoms with E-state index in [0.29, 0.717) is 0 Å². The van der Waals surface area contributed by atoms with Crippen LogP contribution in [0.2, 0.25) is 0 Å². The Morgan fingerprint density at radius 3 is 2.85 bits per heavy atom. The molecule has 5 heteroatoms. The van der Waals surface area contributed by atoms with Crippen molar-refractivity contribution in [3.05, 3.63) is 24.0 Å². The van der Waals surface area contributed by atoms with Crippen molar-refractivity contribution in [2.75, 3.05) is 11.9 Å². The maximum Gasteiger partial charge on any atom is 0.227 e. The molecule has 108 valence electrons. The molecule has 0 spiro atoms. The molecule has 0 heterocycles. The number of amides is 1. The van der Waals surface area contributed by atoms with Crippen LogP contribution in [0, 0.1) is 24.1 Å². The van der Waals surface area contributed by atoms with E-state index in [0.717, 1.165) is 6.07 Å². The molecule has 1 amide bonds. The van der Waals surface area contributed by atoms with Crippen LogP contribution in [0.5, 0.6) is 5.75 Å². The second-order valence-corrected chi connectivity index (χ2v) is 4.70. The number of aliphatic hydroxyl groups excluding tert-OH is 1. The zero-order valence-corrected chi connectivity index (χ0v) is 11.5. The number of carbonyl (C=O) groups excluding carboxylic acids is 1. The topological polar surface area (TPSA) is 58.6 Å². The van der Waals surface area contributed by atoms with Gasteiger partial charge >= 0.3 is 0 Å². The number of rotatable bonds is 6. The van der Waals surface area contributed by atoms with Crippen LogP contribution >= 0.6 is 0 Å². The summed E-state index contributed by atoms with van der Waals surface area (Å²) in [6.07, 6.45) is 4.27. The summed E-state index contributed by atoms with van der Waals surface area (Å²) in [4.78, 5) is 11.8. The van der Waals surface area contributed by atoms with Crippen molar-refractivity contribution in [1.29, 1.82) is 0 Å². The molecule has 1 aromatic carbocycles. The van der Waals surface area contributed by atoms with Gasteiger partial charge in [-0.1, -0.05) is 19.8 Å². The van der Waals surface area contributed by atoms with E-state index in [1.165, 1.54) is 12.1 Å². The minimum atomic E-state index is -0.751. The molecule has 0 bridgehead atoms. The third-order valence-corrected chi connectivity index (χ3v) is 2.69. The lowest BCUT2D eigenvalue weighted by Crippen LogP contribution is -2.24. The Morgan fingerprint density at radius 1 is 1.55 bits per heavy atom. The molecule has 0 aliphatic heterocycles. The van der Waals surface area contributed by atoms with E-state index in [-0.39, 0.29) is 30.4 Å². The summed E-state index contributed by atoms with van der Waals surface area (Å²) < 4.78 is 18.4. The van der Waals surface area contributed by atoms with Crippen molar-refractivity contribution in [3.8, 4) is 18.1 Å². The van der Waals surface area contributed by atoms with Gasteiger partial charge in [-0.25, -0.2) is 4.39 Å². The van der Waals surface area contributed by atoms with Gasteiger partial charge in [0.1, 0.15) is 18.2 Å². The summed E-state index contributed by atoms with van der Waals surface area (Å²) in [7, 11) is 0. The van der Waals surface area contributed by atoms with Crippen LogP contribution < -0.4 is 10.1 Å². The number of anilines is 1. The number of terminal acetylenes is 1. The number of nitrogens with one attached hydrogen (secondary N) is 1. The molecular weight excluding hydrogens is 261 g/mol. The van der Waals surface area contributed by atoms with Gasteiger partial charge in [0.05, 0.1) is 18.2 Å². The number of hydrogen-bond donors (Lipinski definition) is 2. The zero-order valence-electron chi connectivity index (χ0n) is 11.5. The Kier molecular flexibility index (Phi) is 6.01. The van der Waals surface area contributed by atoms with Gasteiger partial charge in [0, 0.05) is 6.07 Å². The van der Waals surface area contributed by atoms with E-state index in [9.17, 15) is 14.3 Å². The summed E-state index contributed by atoms with van der Waals surface area (Å²) in [5, 5.41) is 12.2. The highest BCUT2D eigenvalue weighted by Gasteiger charge is 2.16. The number of hydrogen-bond acceptors (Lipinski definition) is 3. The smallest absolute Gasteiger partial charge is 0.227 e. The molecule has 0 radical (unpaired) electrons. The van der Waals surface area contributed by atoms with Crippen molar-refractivity contribution in [3.63, 3.8) is 0 Å². The summed E-state index contributed by atoms with van der Waals surface area (Å²) in [5.74, 6) is 1.63. The Morgan fingerprint density at radius 2 is 2.25 bits per heavy atom. The Hall–Kier alpha value is -2.06. The first-order chi connectivity index (χ1) is 9.43. The molecule has 20 heavy (non-hydrogen) atoms. The molecule has 0 aliphatic rings. The molecule has 1 atom stereocenters. The Labute approximate surface area is 117 Å². The van der Waals surface area contributed by atoms with E-state index < -0.39 is 17.8 Å². The minimum absolute atomic E-state index is 0.0170. The summed E-state index contributed by atoms with van der Waals surface area (Å²) >= 11 is 0. The molecule has 2 N–H and O–H groups in total. The number of benzene rings is 1. The molecule has 0 saturated heterocycles. The van der Waals surface area contributed by atoms with Crippen LogP contribution in [-0.4, -0.2) is 23.7 Å². The van der Waals surface area contributed by atoms with E-state index in [1.807, 2.05) is 13.8 Å². The molecule has 1 aromatic rings. The molecular formula is C15H18FNO3. The summed E-state index contributed by atoms with van der Waals surface area (Å²) in [6.45, 7) is 3.63. The minimum Gasteiger partial charge on any atom is -0.479 e. The summed E-state index contributed by atoms with van der Waals surface area (Å²) in [6, 6.07) is 3.75. The predicted octanol–water partition coefficient (Wildman–Crippen LogP) is 2.18. The average molecular weight is 279 g/mol. The van der Waals surface area contributed by atoms with Gasteiger partial charge in [0.15, 0.2) is 0 Å². The lowest BCUT2D eigenvalue weighted by atomic mass is 10.0. The van der Waals surface area contributed by atoms with E-state index in [4.69, 9.17) is 11.2 Å². The number of halogens is 1. The normalized spacial score (nSPS) is 11.8. The van der Waals surface area contributed by atoms with Crippen LogP contribution in [0.15, 0.2) is 18.2 Å². The zero-order chi connectivity index (χ0) is 15.1. The second-order valence-electron chi connectivity index (χ2n) is 4.70. The first kappa shape index (κ1) is 16.0. The lowest BCUT2D eigenvalue weighted by molar-refractivity contribution is -0.118. The van der Waals surface area contributed by atoms with E-state index in [1.54, 1.807) is 0 Å². The van der Waals surface area contributed by atoms with Crippen LogP contribution in [0.4, 0.5) is 10.1 Å². The van der Waals surface area contributed by atoms with Crippen molar-refractivity contribution in [1.82, 2.24) is 0 Å². The molecule has 4 nitrogen and oxygen atoms in total. The molecule has 1 rings (SSSR count). The first-order valence-electron chi connectivity index (χ1n) is 6.27. The van der Waals surface area contributed by atoms with Gasteiger partial charge in [-0.05, 0) is 18.1 Å². The maximum absolute atomic E-state index is 13.2. The highest BCUT2D eigenvalue weighted by Crippen LogP contribution is 2.25. The van der Waals surface area contributed by atoms with E-state index in [2.05, 4.69) is 11.2 Å². The monoisotopic (exact) mass is 279 g/mol. The van der Waals surface area contributed by atoms with Gasteiger partial charge in [-0.3, -0.25) is 4.79 Å². The predicted molar refractivity (Wildman–Crippen MR) is 74.8 cm³/mol. The highest BCUT2D eigenvalue weighted by molar-refractivity contribution is 5.92. The van der Waals surface area contributed by atoms with Crippen molar-refractivity contribution < 1.29 is 19.0 Å². The van der Waals surface area contributed by atoms with Gasteiger partial charge < -0.3 is 15.2 Å². The average Bonchev–Trinajstić information content (AvgIpc) is 2.37. The van der Waals surface area contributed by atoms with Crippen molar-refractivity contribution in [2.24, 2.45) is 5.92 Å². The summed E-state index contributed by atoms with van der Waals surface area (Å²) in [5.41, 5.74) is 0.196. The number of carbonyl (C=O) groups is 1. The maximum atomic E-state index is 13.2. The van der Waals surface area contributed by atoms with Gasteiger partial charge in [-0.15, -0.1) is 6.42 Å². The van der Waals surface area contributed by atoms with Gasteiger partial charge in [0.2, 0.25) is 5.91 Å². The molecule has 0 fully saturated rings. The first-order valence-corrected chi connectivity index (χ1v) is 6.27. The number of aliphatic hydroxyl groups is 1. The quantitative estimate of drug-likeness (QED) is 0.785. The standard InChI is InChI=1S/C15H18FNO3/c1-4-7-20-14-6-5-11(16)8-12(14)17-15(19)9-13(18)10(2)3/h1,5-6,8,10,13,18H,7,9H2,2-3H3,(H,17,19). The van der Waals surface area contributed by atoms with Crippen molar-refractivity contribution >= 4 is 11.6 Å². The van der Waals surface area contributed by atoms with Gasteiger partial charge in [0.25, 0.3) is 0 Å². The third-order valence-electron chi connectivity index (χ3n) is 2.69. The van der Waals surface area contributed by atoms with Gasteiger partial charge in [-0.2, -0.15) is 0 Å². The Balaban J connectivity index is 2.77. The van der Waals surface area contributed by atoms with Crippen LogP contribution in [-0.2, 0) is 4.79 Å². The molecule has 1 unspecified atom stereocenters.